The first-order valence-corrected chi connectivity index (χ1v) is 7.64. The van der Waals surface area contributed by atoms with E-state index in [0.717, 1.165) is 17.1 Å². The number of methoxy groups -OCH3 is 1. The first-order chi connectivity index (χ1) is 11.1. The van der Waals surface area contributed by atoms with E-state index in [9.17, 15) is 9.90 Å². The van der Waals surface area contributed by atoms with Gasteiger partial charge in [-0.25, -0.2) is 4.98 Å². The van der Waals surface area contributed by atoms with Crippen molar-refractivity contribution >= 4 is 5.97 Å². The fourth-order valence-corrected chi connectivity index (χ4v) is 3.22. The largest absolute Gasteiger partial charge is 0.497 e. The summed E-state index contributed by atoms with van der Waals surface area (Å²) in [6, 6.07) is 7.70. The summed E-state index contributed by atoms with van der Waals surface area (Å²) < 4.78 is 7.23. The van der Waals surface area contributed by atoms with Gasteiger partial charge in [0.2, 0.25) is 0 Å². The molecule has 0 amide bonds. The number of aromatic nitrogens is 2. The molecule has 0 aliphatic carbocycles. The van der Waals surface area contributed by atoms with Crippen LogP contribution in [0.1, 0.15) is 17.3 Å². The van der Waals surface area contributed by atoms with Crippen LogP contribution in [0.5, 0.6) is 5.75 Å². The number of nitrogens with zero attached hydrogens (tertiary/aromatic N) is 3. The average molecular weight is 315 g/mol. The van der Waals surface area contributed by atoms with Crippen LogP contribution in [0.4, 0.5) is 0 Å². The summed E-state index contributed by atoms with van der Waals surface area (Å²) in [5, 5.41) is 9.59. The molecule has 0 bridgehead atoms. The second kappa shape index (κ2) is 6.42. The summed E-state index contributed by atoms with van der Waals surface area (Å²) in [5.74, 6) is 0.500. The Bertz CT molecular complexity index is 698. The highest BCUT2D eigenvalue weighted by Crippen LogP contribution is 2.34. The van der Waals surface area contributed by atoms with Gasteiger partial charge in [0.25, 0.3) is 0 Å². The van der Waals surface area contributed by atoms with Gasteiger partial charge < -0.3 is 14.4 Å². The molecular formula is C17H21N3O3. The van der Waals surface area contributed by atoms with Crippen molar-refractivity contribution in [2.75, 3.05) is 20.2 Å². The highest BCUT2D eigenvalue weighted by Gasteiger charge is 2.38. The topological polar surface area (TPSA) is 67.6 Å². The molecule has 0 radical (unpaired) electrons. The van der Waals surface area contributed by atoms with Gasteiger partial charge in [-0.15, -0.1) is 0 Å². The number of aliphatic carboxylic acids is 1. The van der Waals surface area contributed by atoms with Crippen LogP contribution in [0.25, 0.3) is 0 Å². The van der Waals surface area contributed by atoms with Crippen molar-refractivity contribution in [3.63, 3.8) is 0 Å². The van der Waals surface area contributed by atoms with E-state index in [4.69, 9.17) is 4.74 Å². The SMILES string of the molecule is COc1cccc(C2CN(Cc3nccn3C)CC2C(=O)O)c1. The number of rotatable bonds is 5. The molecule has 6 nitrogen and oxygen atoms in total. The number of imidazole rings is 1. The molecule has 23 heavy (non-hydrogen) atoms. The highest BCUT2D eigenvalue weighted by molar-refractivity contribution is 5.72. The standard InChI is InChI=1S/C17H21N3O3/c1-19-7-6-18-16(19)11-20-9-14(15(10-20)17(21)22)12-4-3-5-13(8-12)23-2/h3-8,14-15H,9-11H2,1-2H3,(H,21,22). The minimum absolute atomic E-state index is 0.0390. The lowest BCUT2D eigenvalue weighted by Crippen LogP contribution is -2.24. The summed E-state index contributed by atoms with van der Waals surface area (Å²) >= 11 is 0. The Morgan fingerprint density at radius 2 is 2.26 bits per heavy atom. The van der Waals surface area contributed by atoms with Crippen LogP contribution in [0.15, 0.2) is 36.7 Å². The first-order valence-electron chi connectivity index (χ1n) is 7.64. The van der Waals surface area contributed by atoms with Gasteiger partial charge in [0.15, 0.2) is 0 Å². The highest BCUT2D eigenvalue weighted by atomic mass is 16.5. The zero-order valence-corrected chi connectivity index (χ0v) is 13.3. The van der Waals surface area contributed by atoms with Gasteiger partial charge in [-0.2, -0.15) is 0 Å². The molecule has 3 rings (SSSR count). The van der Waals surface area contributed by atoms with E-state index in [1.165, 1.54) is 0 Å². The summed E-state index contributed by atoms with van der Waals surface area (Å²) in [6.07, 6.45) is 3.67. The lowest BCUT2D eigenvalue weighted by atomic mass is 9.89. The molecule has 2 atom stereocenters. The van der Waals surface area contributed by atoms with Crippen molar-refractivity contribution in [3.05, 3.63) is 48.0 Å². The van der Waals surface area contributed by atoms with E-state index in [0.29, 0.717) is 19.6 Å². The number of likely N-dealkylation sites (tertiary alicyclic amines) is 1. The maximum absolute atomic E-state index is 11.7. The van der Waals surface area contributed by atoms with Crippen LogP contribution >= 0.6 is 0 Å². The Labute approximate surface area is 135 Å². The summed E-state index contributed by atoms with van der Waals surface area (Å²) in [6.45, 7) is 1.90. The van der Waals surface area contributed by atoms with Crippen molar-refractivity contribution in [2.24, 2.45) is 13.0 Å². The van der Waals surface area contributed by atoms with Gasteiger partial charge >= 0.3 is 5.97 Å². The number of aryl methyl sites for hydroxylation is 1. The second-order valence-corrected chi connectivity index (χ2v) is 5.98. The summed E-state index contributed by atoms with van der Waals surface area (Å²) in [5.41, 5.74) is 1.01. The van der Waals surface area contributed by atoms with E-state index in [-0.39, 0.29) is 5.92 Å². The summed E-state index contributed by atoms with van der Waals surface area (Å²) in [4.78, 5) is 18.2. The maximum Gasteiger partial charge on any atom is 0.308 e. The normalized spacial score (nSPS) is 21.5. The lowest BCUT2D eigenvalue weighted by Gasteiger charge is -2.16. The molecule has 2 aromatic rings. The molecule has 1 fully saturated rings. The van der Waals surface area contributed by atoms with E-state index in [1.807, 2.05) is 42.1 Å². The van der Waals surface area contributed by atoms with Crippen molar-refractivity contribution in [1.82, 2.24) is 14.5 Å². The predicted octanol–water partition coefficient (Wildman–Crippen LogP) is 1.73. The Morgan fingerprint density at radius 1 is 1.43 bits per heavy atom. The number of carboxylic acids is 1. The smallest absolute Gasteiger partial charge is 0.308 e. The number of hydrogen-bond acceptors (Lipinski definition) is 4. The zero-order valence-electron chi connectivity index (χ0n) is 13.3. The molecule has 1 saturated heterocycles. The molecule has 1 aliphatic heterocycles. The van der Waals surface area contributed by atoms with E-state index in [2.05, 4.69) is 9.88 Å². The van der Waals surface area contributed by atoms with Crippen LogP contribution < -0.4 is 4.74 Å². The number of ether oxygens (including phenoxy) is 1. The number of benzene rings is 1. The Morgan fingerprint density at radius 3 is 2.91 bits per heavy atom. The maximum atomic E-state index is 11.7. The third-order valence-electron chi connectivity index (χ3n) is 4.52. The van der Waals surface area contributed by atoms with E-state index < -0.39 is 11.9 Å². The molecular weight excluding hydrogens is 294 g/mol. The quantitative estimate of drug-likeness (QED) is 0.910. The minimum Gasteiger partial charge on any atom is -0.497 e. The van der Waals surface area contributed by atoms with E-state index in [1.54, 1.807) is 13.3 Å². The molecule has 2 heterocycles. The Kier molecular flexibility index (Phi) is 4.34. The zero-order chi connectivity index (χ0) is 16.4. The minimum atomic E-state index is -0.750. The van der Waals surface area contributed by atoms with Crippen LogP contribution in [-0.4, -0.2) is 45.7 Å². The van der Waals surface area contributed by atoms with E-state index >= 15 is 0 Å². The van der Waals surface area contributed by atoms with Gasteiger partial charge in [0.1, 0.15) is 11.6 Å². The molecule has 6 heteroatoms. The van der Waals surface area contributed by atoms with Crippen LogP contribution in [0, 0.1) is 5.92 Å². The third kappa shape index (κ3) is 3.22. The fraction of sp³-hybridized carbons (Fsp3) is 0.412. The van der Waals surface area contributed by atoms with Crippen LogP contribution in [-0.2, 0) is 18.4 Å². The van der Waals surface area contributed by atoms with Gasteiger partial charge in [0, 0.05) is 38.4 Å². The molecule has 0 spiro atoms. The molecule has 122 valence electrons. The van der Waals surface area contributed by atoms with Gasteiger partial charge in [-0.1, -0.05) is 12.1 Å². The van der Waals surface area contributed by atoms with Crippen molar-refractivity contribution < 1.29 is 14.6 Å². The number of carboxylic acid groups (broad SMARTS) is 1. The predicted molar refractivity (Wildman–Crippen MR) is 85.3 cm³/mol. The molecule has 1 aliphatic rings. The van der Waals surface area contributed by atoms with Crippen molar-refractivity contribution in [1.29, 1.82) is 0 Å². The van der Waals surface area contributed by atoms with Gasteiger partial charge in [-0.05, 0) is 17.7 Å². The molecule has 1 aromatic heterocycles. The van der Waals surface area contributed by atoms with Crippen LogP contribution in [0.3, 0.4) is 0 Å². The van der Waals surface area contributed by atoms with Crippen LogP contribution in [0.2, 0.25) is 0 Å². The first kappa shape index (κ1) is 15.6. The average Bonchev–Trinajstić information content (AvgIpc) is 3.15. The van der Waals surface area contributed by atoms with Gasteiger partial charge in [0.05, 0.1) is 19.6 Å². The second-order valence-electron chi connectivity index (χ2n) is 5.98. The number of hydrogen-bond donors (Lipinski definition) is 1. The monoisotopic (exact) mass is 315 g/mol. The van der Waals surface area contributed by atoms with Crippen molar-refractivity contribution in [3.8, 4) is 5.75 Å². The Balaban J connectivity index is 1.81. The van der Waals surface area contributed by atoms with Gasteiger partial charge in [-0.3, -0.25) is 9.69 Å². The third-order valence-corrected chi connectivity index (χ3v) is 4.52. The summed E-state index contributed by atoms with van der Waals surface area (Å²) in [7, 11) is 3.57. The van der Waals surface area contributed by atoms with Crippen molar-refractivity contribution in [2.45, 2.75) is 12.5 Å². The molecule has 2 unspecified atom stereocenters. The fourth-order valence-electron chi connectivity index (χ4n) is 3.22. The Hall–Kier alpha value is -2.34. The molecule has 1 aromatic carbocycles. The number of carbonyl (C=O) groups is 1. The molecule has 0 saturated carbocycles. The lowest BCUT2D eigenvalue weighted by molar-refractivity contribution is -0.141. The molecule has 1 N–H and O–H groups in total.